The van der Waals surface area contributed by atoms with Crippen molar-refractivity contribution in [1.82, 2.24) is 20.0 Å². The van der Waals surface area contributed by atoms with E-state index < -0.39 is 5.97 Å². The molecule has 0 aliphatic carbocycles. The van der Waals surface area contributed by atoms with Crippen molar-refractivity contribution >= 4 is 17.0 Å². The van der Waals surface area contributed by atoms with Crippen LogP contribution in [0.25, 0.3) is 11.0 Å². The van der Waals surface area contributed by atoms with Crippen LogP contribution in [0.15, 0.2) is 36.5 Å². The molecule has 0 unspecified atom stereocenters. The number of rotatable bonds is 3. The van der Waals surface area contributed by atoms with E-state index in [1.807, 2.05) is 19.1 Å². The number of carbonyl (C=O) groups is 1. The van der Waals surface area contributed by atoms with Crippen molar-refractivity contribution in [1.29, 1.82) is 0 Å². The zero-order valence-electron chi connectivity index (χ0n) is 10.8. The Morgan fingerprint density at radius 2 is 2.15 bits per heavy atom. The molecule has 0 atom stereocenters. The quantitative estimate of drug-likeness (QED) is 0.784. The molecule has 1 aromatic carbocycles. The molecule has 20 heavy (non-hydrogen) atoms. The van der Waals surface area contributed by atoms with Gasteiger partial charge in [0.05, 0.1) is 12.1 Å². The van der Waals surface area contributed by atoms with Crippen LogP contribution in [-0.4, -0.2) is 31.1 Å². The van der Waals surface area contributed by atoms with Gasteiger partial charge in [-0.15, -0.1) is 5.10 Å². The van der Waals surface area contributed by atoms with Crippen molar-refractivity contribution in [2.24, 2.45) is 0 Å². The highest BCUT2D eigenvalue weighted by Crippen LogP contribution is 2.17. The maximum atomic E-state index is 11.3. The van der Waals surface area contributed by atoms with Gasteiger partial charge in [-0.3, -0.25) is 4.98 Å². The minimum absolute atomic E-state index is 0.201. The third-order valence-corrected chi connectivity index (χ3v) is 3.07. The van der Waals surface area contributed by atoms with Gasteiger partial charge in [0.25, 0.3) is 0 Å². The molecule has 0 amide bonds. The van der Waals surface area contributed by atoms with E-state index in [-0.39, 0.29) is 5.56 Å². The first-order valence-corrected chi connectivity index (χ1v) is 6.12. The number of nitrogens with zero attached hydrogens (tertiary/aromatic N) is 4. The zero-order chi connectivity index (χ0) is 14.1. The molecule has 3 rings (SSSR count). The van der Waals surface area contributed by atoms with E-state index in [9.17, 15) is 9.90 Å². The second kappa shape index (κ2) is 4.73. The lowest BCUT2D eigenvalue weighted by molar-refractivity contribution is 0.0698. The van der Waals surface area contributed by atoms with Gasteiger partial charge in [0.2, 0.25) is 0 Å². The first-order chi connectivity index (χ1) is 9.65. The summed E-state index contributed by atoms with van der Waals surface area (Å²) in [6.07, 6.45) is 1.76. The summed E-state index contributed by atoms with van der Waals surface area (Å²) in [5.74, 6) is -0.985. The molecule has 0 aliphatic heterocycles. The molecule has 0 saturated carbocycles. The molecular weight excluding hydrogens is 256 g/mol. The Balaban J connectivity index is 2.07. The Morgan fingerprint density at radius 3 is 2.85 bits per heavy atom. The fraction of sp³-hybridized carbons (Fsp3) is 0.143. The van der Waals surface area contributed by atoms with E-state index in [0.717, 1.165) is 11.3 Å². The highest BCUT2D eigenvalue weighted by atomic mass is 16.4. The molecule has 0 bridgehead atoms. The van der Waals surface area contributed by atoms with Crippen LogP contribution in [0.2, 0.25) is 0 Å². The summed E-state index contributed by atoms with van der Waals surface area (Å²) in [6, 6.07) is 8.82. The number of aryl methyl sites for hydroxylation is 1. The third-order valence-electron chi connectivity index (χ3n) is 3.07. The molecule has 2 aromatic heterocycles. The smallest absolute Gasteiger partial charge is 0.337 e. The fourth-order valence-corrected chi connectivity index (χ4v) is 2.08. The number of fused-ring (bicyclic) bond motifs is 1. The Morgan fingerprint density at radius 1 is 1.30 bits per heavy atom. The topological polar surface area (TPSA) is 80.9 Å². The molecular formula is C14H12N4O2. The summed E-state index contributed by atoms with van der Waals surface area (Å²) in [5, 5.41) is 17.3. The largest absolute Gasteiger partial charge is 0.478 e. The third kappa shape index (κ3) is 2.11. The van der Waals surface area contributed by atoms with Gasteiger partial charge in [0.15, 0.2) is 0 Å². The minimum Gasteiger partial charge on any atom is -0.478 e. The van der Waals surface area contributed by atoms with Crippen molar-refractivity contribution in [2.75, 3.05) is 0 Å². The Bertz CT molecular complexity index is 777. The highest BCUT2D eigenvalue weighted by molar-refractivity contribution is 6.00. The summed E-state index contributed by atoms with van der Waals surface area (Å²) >= 11 is 0. The predicted octanol–water partition coefficient (Wildman–Crippen LogP) is 1.88. The van der Waals surface area contributed by atoms with Crippen molar-refractivity contribution < 1.29 is 9.90 Å². The lowest BCUT2D eigenvalue weighted by atomic mass is 10.2. The zero-order valence-corrected chi connectivity index (χ0v) is 10.8. The highest BCUT2D eigenvalue weighted by Gasteiger charge is 2.14. The number of carboxylic acid groups (broad SMARTS) is 1. The maximum Gasteiger partial charge on any atom is 0.337 e. The van der Waals surface area contributed by atoms with Gasteiger partial charge in [0, 0.05) is 11.9 Å². The summed E-state index contributed by atoms with van der Waals surface area (Å²) in [6.45, 7) is 2.35. The molecule has 6 heteroatoms. The van der Waals surface area contributed by atoms with E-state index in [2.05, 4.69) is 15.3 Å². The van der Waals surface area contributed by atoms with Crippen LogP contribution in [0.4, 0.5) is 0 Å². The minimum atomic E-state index is -0.985. The van der Waals surface area contributed by atoms with Crippen molar-refractivity contribution in [3.05, 3.63) is 53.3 Å². The molecule has 1 N–H and O–H groups in total. The molecule has 3 aromatic rings. The van der Waals surface area contributed by atoms with Crippen LogP contribution in [-0.2, 0) is 6.54 Å². The van der Waals surface area contributed by atoms with E-state index in [1.165, 1.54) is 0 Å². The lowest BCUT2D eigenvalue weighted by Gasteiger charge is -2.04. The van der Waals surface area contributed by atoms with Gasteiger partial charge >= 0.3 is 5.97 Å². The number of carboxylic acids is 1. The number of benzene rings is 1. The average molecular weight is 268 g/mol. The van der Waals surface area contributed by atoms with Crippen molar-refractivity contribution in [2.45, 2.75) is 13.5 Å². The standard InChI is InChI=1S/C14H12N4O2/c1-9-5-6-10(7-15-9)8-18-13-11(14(19)20)3-2-4-12(13)16-17-18/h2-7H,8H2,1H3,(H,19,20). The molecule has 0 radical (unpaired) electrons. The van der Waals surface area contributed by atoms with Crippen LogP contribution in [0.5, 0.6) is 0 Å². The summed E-state index contributed by atoms with van der Waals surface area (Å²) in [7, 11) is 0. The Labute approximate surface area is 114 Å². The second-order valence-corrected chi connectivity index (χ2v) is 4.53. The molecule has 0 aliphatic rings. The van der Waals surface area contributed by atoms with E-state index in [4.69, 9.17) is 0 Å². The Kier molecular flexibility index (Phi) is 2.90. The first kappa shape index (κ1) is 12.3. The van der Waals surface area contributed by atoms with Crippen LogP contribution in [0, 0.1) is 6.92 Å². The predicted molar refractivity (Wildman–Crippen MR) is 72.6 cm³/mol. The van der Waals surface area contributed by atoms with Gasteiger partial charge in [-0.25, -0.2) is 9.48 Å². The van der Waals surface area contributed by atoms with Crippen LogP contribution in [0.3, 0.4) is 0 Å². The molecule has 100 valence electrons. The monoisotopic (exact) mass is 268 g/mol. The lowest BCUT2D eigenvalue weighted by Crippen LogP contribution is -2.06. The van der Waals surface area contributed by atoms with Crippen LogP contribution < -0.4 is 0 Å². The normalized spacial score (nSPS) is 10.8. The van der Waals surface area contributed by atoms with Crippen molar-refractivity contribution in [3.8, 4) is 0 Å². The maximum absolute atomic E-state index is 11.3. The Hall–Kier alpha value is -2.76. The number of hydrogen-bond acceptors (Lipinski definition) is 4. The molecule has 0 saturated heterocycles. The van der Waals surface area contributed by atoms with Gasteiger partial charge in [-0.05, 0) is 30.7 Å². The summed E-state index contributed by atoms with van der Waals surface area (Å²) in [5.41, 5.74) is 3.18. The fourth-order valence-electron chi connectivity index (χ4n) is 2.08. The molecule has 0 fully saturated rings. The van der Waals surface area contributed by atoms with Gasteiger partial charge < -0.3 is 5.11 Å². The molecule has 2 heterocycles. The van der Waals surface area contributed by atoms with Crippen LogP contribution >= 0.6 is 0 Å². The number of pyridine rings is 1. The molecule has 0 spiro atoms. The van der Waals surface area contributed by atoms with E-state index in [1.54, 1.807) is 29.1 Å². The van der Waals surface area contributed by atoms with Crippen molar-refractivity contribution in [3.63, 3.8) is 0 Å². The second-order valence-electron chi connectivity index (χ2n) is 4.53. The molecule has 6 nitrogen and oxygen atoms in total. The summed E-state index contributed by atoms with van der Waals surface area (Å²) in [4.78, 5) is 15.5. The van der Waals surface area contributed by atoms with Gasteiger partial charge in [-0.2, -0.15) is 0 Å². The average Bonchev–Trinajstić information content (AvgIpc) is 2.84. The number of para-hydroxylation sites is 1. The van der Waals surface area contributed by atoms with Gasteiger partial charge in [-0.1, -0.05) is 17.3 Å². The number of aromatic nitrogens is 4. The van der Waals surface area contributed by atoms with Crippen LogP contribution in [0.1, 0.15) is 21.6 Å². The van der Waals surface area contributed by atoms with E-state index in [0.29, 0.717) is 17.6 Å². The SMILES string of the molecule is Cc1ccc(Cn2nnc3cccc(C(=O)O)c32)cn1. The number of aromatic carboxylic acids is 1. The van der Waals surface area contributed by atoms with Gasteiger partial charge in [0.1, 0.15) is 11.0 Å². The van der Waals surface area contributed by atoms with E-state index >= 15 is 0 Å². The first-order valence-electron chi connectivity index (χ1n) is 6.12. The number of hydrogen-bond donors (Lipinski definition) is 1. The summed E-state index contributed by atoms with van der Waals surface area (Å²) < 4.78 is 1.59.